The van der Waals surface area contributed by atoms with Gasteiger partial charge < -0.3 is 34.6 Å². The maximum Gasteiger partial charge on any atom is 0.316 e. The average molecular weight is 1690 g/mol. The predicted molar refractivity (Wildman–Crippen MR) is 489 cm³/mol. The fourth-order valence-corrected chi connectivity index (χ4v) is 16.7. The molecule has 0 unspecified atom stereocenters. The second kappa shape index (κ2) is 35.5. The van der Waals surface area contributed by atoms with Crippen molar-refractivity contribution in [1.29, 1.82) is 0 Å². The van der Waals surface area contributed by atoms with Gasteiger partial charge in [0.05, 0.1) is 92.8 Å². The summed E-state index contributed by atoms with van der Waals surface area (Å²) in [6.07, 6.45) is 12.2. The van der Waals surface area contributed by atoms with E-state index in [0.29, 0.717) is 62.0 Å². The van der Waals surface area contributed by atoms with Crippen LogP contribution >= 0.6 is 34.0 Å². The number of nitrogens with zero attached hydrogens (tertiary/aromatic N) is 16. The molecule has 0 fully saturated rings. The summed E-state index contributed by atoms with van der Waals surface area (Å²) >= 11 is 4.48. The lowest BCUT2D eigenvalue weighted by Crippen LogP contribution is -2.26. The molecule has 12 heterocycles. The monoisotopic (exact) mass is 1680 g/mol. The van der Waals surface area contributed by atoms with Gasteiger partial charge in [0.25, 0.3) is 21.9 Å². The third kappa shape index (κ3) is 17.1. The molecule has 0 bridgehead atoms. The van der Waals surface area contributed by atoms with E-state index >= 15 is 0 Å². The number of hydrogen-bond acceptors (Lipinski definition) is 24. The third-order valence-corrected chi connectivity index (χ3v) is 23.0. The molecule has 3 N–H and O–H groups in total. The molecular weight excluding hydrogens is 1600 g/mol. The summed E-state index contributed by atoms with van der Waals surface area (Å²) in [5.41, 5.74) is 14.9. The van der Waals surface area contributed by atoms with Crippen molar-refractivity contribution in [1.82, 2.24) is 77.7 Å². The Morgan fingerprint density at radius 3 is 1.10 bits per heavy atom. The van der Waals surface area contributed by atoms with E-state index in [1.165, 1.54) is 51.1 Å². The van der Waals surface area contributed by atoms with Crippen LogP contribution in [-0.4, -0.2) is 91.9 Å². The topological polar surface area (TPSA) is 306 Å². The van der Waals surface area contributed by atoms with Crippen molar-refractivity contribution in [3.05, 3.63) is 344 Å². The van der Waals surface area contributed by atoms with Crippen molar-refractivity contribution in [2.24, 2.45) is 14.1 Å². The summed E-state index contributed by atoms with van der Waals surface area (Å²) in [7, 11) is 6.52. The Morgan fingerprint density at radius 1 is 0.366 bits per heavy atom. The number of benzene rings is 6. The first kappa shape index (κ1) is 81.8. The number of fused-ring (bicyclic) bond motifs is 3. The van der Waals surface area contributed by atoms with Gasteiger partial charge in [0, 0.05) is 125 Å². The number of aryl methyl sites for hydroxylation is 6. The van der Waals surface area contributed by atoms with Crippen molar-refractivity contribution in [3.63, 3.8) is 0 Å². The Balaban J connectivity index is 0.000000137. The van der Waals surface area contributed by atoms with Crippen molar-refractivity contribution >= 4 is 83.8 Å². The van der Waals surface area contributed by atoms with Gasteiger partial charge in [-0.15, -0.1) is 22.7 Å². The Labute approximate surface area is 717 Å². The lowest BCUT2D eigenvalue weighted by Gasteiger charge is -2.23. The molecule has 0 aliphatic carbocycles. The molecule has 12 aromatic heterocycles. The molecule has 3 atom stereocenters. The van der Waals surface area contributed by atoms with Gasteiger partial charge in [-0.05, 0) is 159 Å². The maximum absolute atomic E-state index is 14.4. The maximum atomic E-state index is 14.4. The Hall–Kier alpha value is -14.9. The van der Waals surface area contributed by atoms with Crippen LogP contribution in [0.3, 0.4) is 0 Å². The number of ether oxygens (including phenoxy) is 2. The van der Waals surface area contributed by atoms with Crippen molar-refractivity contribution in [3.8, 4) is 95.4 Å². The van der Waals surface area contributed by atoms with Crippen LogP contribution in [0.2, 0.25) is 0 Å². The fourth-order valence-electron chi connectivity index (χ4n) is 14.9. The SMILES string of the molecule is COc1nc(-c2cnc(C)nc2N[C@@H](C)c2cc3cccc(-c4ccc(=O)n(C)c4)c3c(=O)n2-c2ccccc2)cs1.COc1ncc(-c2cccc3cc([C@H](C)Nc4nc(C)ncc4-c4csc(C)n4)n(-c4ccccc4)c(=O)c23)cn1.Cc1ncc(-c2cscn2)c(N[C@@H](C)c2cc3cccc(-c4ccc(=O)n(C)c4)c3c(=O)n2-c2ccccc2)n1. The van der Waals surface area contributed by atoms with Gasteiger partial charge in [-0.1, -0.05) is 121 Å². The van der Waals surface area contributed by atoms with Crippen LogP contribution in [0, 0.1) is 27.7 Å². The van der Waals surface area contributed by atoms with Crippen LogP contribution in [0.25, 0.3) is 117 Å². The Kier molecular flexibility index (Phi) is 23.6. The van der Waals surface area contributed by atoms with E-state index in [1.54, 1.807) is 107 Å². The first-order chi connectivity index (χ1) is 59.7. The fraction of sp³-hybridized carbons (Fsp3) is 0.149. The van der Waals surface area contributed by atoms with Gasteiger partial charge in [-0.25, -0.2) is 54.8 Å². The zero-order valence-corrected chi connectivity index (χ0v) is 71.2. The second-order valence-electron chi connectivity index (χ2n) is 29.1. The van der Waals surface area contributed by atoms with Crippen molar-refractivity contribution in [2.45, 2.75) is 66.6 Å². The highest BCUT2D eigenvalue weighted by Gasteiger charge is 2.27. The first-order valence-corrected chi connectivity index (χ1v) is 41.9. The van der Waals surface area contributed by atoms with Crippen LogP contribution in [0.4, 0.5) is 17.5 Å². The molecule has 0 aliphatic rings. The first-order valence-electron chi connectivity index (χ1n) is 39.2. The quantitative estimate of drug-likeness (QED) is 0.0638. The Bertz CT molecular complexity index is 7300. The van der Waals surface area contributed by atoms with E-state index in [-0.39, 0.29) is 51.9 Å². The van der Waals surface area contributed by atoms with Crippen LogP contribution in [0.1, 0.15) is 78.5 Å². The normalized spacial score (nSPS) is 11.9. The highest BCUT2D eigenvalue weighted by atomic mass is 32.1. The minimum atomic E-state index is -0.336. The number of para-hydroxylation sites is 3. The highest BCUT2D eigenvalue weighted by molar-refractivity contribution is 7.11. The molecule has 18 aromatic rings. The van der Waals surface area contributed by atoms with E-state index < -0.39 is 0 Å². The molecule has 612 valence electrons. The summed E-state index contributed by atoms with van der Waals surface area (Å²) < 4.78 is 18.7. The van der Waals surface area contributed by atoms with Crippen LogP contribution in [0.5, 0.6) is 11.2 Å². The lowest BCUT2D eigenvalue weighted by atomic mass is 9.98. The number of hydrogen-bond donors (Lipinski definition) is 3. The van der Waals surface area contributed by atoms with Crippen molar-refractivity contribution in [2.75, 3.05) is 30.2 Å². The predicted octanol–water partition coefficient (Wildman–Crippen LogP) is 17.7. The molecule has 0 radical (unpaired) electrons. The minimum absolute atomic E-state index is 0.107. The number of methoxy groups -OCH3 is 2. The molecule has 0 aliphatic heterocycles. The minimum Gasteiger partial charge on any atom is -0.473 e. The second-order valence-corrected chi connectivity index (χ2v) is 31.7. The van der Waals surface area contributed by atoms with Crippen LogP contribution < -0.4 is 53.2 Å². The van der Waals surface area contributed by atoms with E-state index in [0.717, 1.165) is 117 Å². The third-order valence-electron chi connectivity index (χ3n) is 20.8. The molecule has 18 rings (SSSR count). The van der Waals surface area contributed by atoms with Gasteiger partial charge >= 0.3 is 6.01 Å². The molecule has 6 aromatic carbocycles. The van der Waals surface area contributed by atoms with Gasteiger partial charge in [-0.2, -0.15) is 0 Å². The molecule has 0 saturated carbocycles. The van der Waals surface area contributed by atoms with Crippen molar-refractivity contribution < 1.29 is 9.47 Å². The highest BCUT2D eigenvalue weighted by Crippen LogP contribution is 2.39. The lowest BCUT2D eigenvalue weighted by molar-refractivity contribution is 0.380. The van der Waals surface area contributed by atoms with Crippen LogP contribution in [-0.2, 0) is 14.1 Å². The summed E-state index contributed by atoms with van der Waals surface area (Å²) in [5, 5.41) is 22.2. The van der Waals surface area contributed by atoms with E-state index in [2.05, 4.69) is 66.9 Å². The number of pyridine rings is 5. The molecular formula is C94H81N19O7S3. The van der Waals surface area contributed by atoms with Gasteiger partial charge in [0.2, 0.25) is 11.1 Å². The van der Waals surface area contributed by atoms with Gasteiger partial charge in [-0.3, -0.25) is 37.7 Å². The summed E-state index contributed by atoms with van der Waals surface area (Å²) in [6, 6.07) is 58.2. The number of nitrogens with one attached hydrogen (secondary N) is 3. The Morgan fingerprint density at radius 2 is 0.748 bits per heavy atom. The van der Waals surface area contributed by atoms with Gasteiger partial charge in [0.1, 0.15) is 34.9 Å². The summed E-state index contributed by atoms with van der Waals surface area (Å²) in [4.78, 5) is 117. The molecule has 0 spiro atoms. The molecule has 29 heteroatoms. The number of anilines is 3. The largest absolute Gasteiger partial charge is 0.473 e. The van der Waals surface area contributed by atoms with Gasteiger partial charge in [0.15, 0.2) is 0 Å². The van der Waals surface area contributed by atoms with Crippen LogP contribution in [0.15, 0.2) is 277 Å². The molecule has 0 amide bonds. The average Bonchev–Trinajstić information content (AvgIpc) is 0.877. The number of aromatic nitrogens is 16. The molecule has 26 nitrogen and oxygen atoms in total. The summed E-state index contributed by atoms with van der Waals surface area (Å²) in [5.74, 6) is 3.80. The number of rotatable bonds is 20. The van der Waals surface area contributed by atoms with E-state index in [4.69, 9.17) is 19.4 Å². The smallest absolute Gasteiger partial charge is 0.316 e. The summed E-state index contributed by atoms with van der Waals surface area (Å²) in [6.45, 7) is 13.5. The zero-order chi connectivity index (χ0) is 85.7. The zero-order valence-electron chi connectivity index (χ0n) is 68.7. The molecule has 123 heavy (non-hydrogen) atoms. The standard InChI is InChI=1S/C32H28N6O3S.C31H27N7O2S.C31H26N6O2S/c1-19(34-30-25(16-33-20(2)35-30)26-18-42-32(36-26)41-4)27-15-21-9-8-12-24(22-13-14-28(39)37(3)17-22)29(21)31(40)38(27)23-10-6-5-7-11-23;1-18(35-29-25(16-32-19(2)36-29)26-17-41-20(3)37-26)27-13-21-9-8-12-24(22-14-33-31(40-4)34-15-22)28(21)30(39)38(27)23-10-6-5-7-11-23;1-19(34-30-25(15-32-20(2)35-30)26-17-40-18-33-26)27-14-21-8-7-11-24(22-12-13-28(38)36(3)16-22)29(21)31(39)37(27)23-9-5-4-6-10-23/h5-19H,1-4H3,(H,33,34,35);5-18H,1-4H3,(H,32,35,36);4-19H,1-3H3,(H,32,34,35)/t19-;18-;19-/m000/s1. The number of thiazole rings is 3. The van der Waals surface area contributed by atoms with E-state index in [9.17, 15) is 24.0 Å². The molecule has 0 saturated heterocycles. The van der Waals surface area contributed by atoms with E-state index in [1.807, 2.05) is 222 Å².